The van der Waals surface area contributed by atoms with Gasteiger partial charge in [-0.15, -0.1) is 11.6 Å². The van der Waals surface area contributed by atoms with Gasteiger partial charge in [-0.25, -0.2) is 4.98 Å². The molecule has 100 valence electrons. The Bertz CT molecular complexity index is 395. The van der Waals surface area contributed by atoms with E-state index in [1.165, 1.54) is 12.8 Å². The number of rotatable bonds is 3. The van der Waals surface area contributed by atoms with Crippen LogP contribution in [-0.2, 0) is 5.88 Å². The molecule has 3 heteroatoms. The molecule has 18 heavy (non-hydrogen) atoms. The van der Waals surface area contributed by atoms with Gasteiger partial charge in [0.2, 0.25) is 0 Å². The highest BCUT2D eigenvalue weighted by Crippen LogP contribution is 2.27. The monoisotopic (exact) mass is 266 g/mol. The van der Waals surface area contributed by atoms with Crippen LogP contribution in [0, 0.1) is 18.8 Å². The summed E-state index contributed by atoms with van der Waals surface area (Å²) < 4.78 is 0. The fourth-order valence-electron chi connectivity index (χ4n) is 2.69. The smallest absolute Gasteiger partial charge is 0.128 e. The molecule has 0 saturated carbocycles. The number of hydrogen-bond acceptors (Lipinski definition) is 2. The van der Waals surface area contributed by atoms with Crippen molar-refractivity contribution >= 4 is 17.4 Å². The lowest BCUT2D eigenvalue weighted by Gasteiger charge is -2.34. The van der Waals surface area contributed by atoms with E-state index >= 15 is 0 Å². The minimum atomic E-state index is 0.550. The molecule has 1 fully saturated rings. The molecule has 1 aliphatic rings. The van der Waals surface area contributed by atoms with Gasteiger partial charge in [0.05, 0.1) is 0 Å². The molecule has 2 rings (SSSR count). The van der Waals surface area contributed by atoms with Crippen molar-refractivity contribution in [2.24, 2.45) is 11.8 Å². The second-order valence-corrected chi connectivity index (χ2v) is 5.88. The number of pyridine rings is 1. The third-order valence-electron chi connectivity index (χ3n) is 4.13. The van der Waals surface area contributed by atoms with E-state index in [2.05, 4.69) is 35.9 Å². The molecule has 0 unspecified atom stereocenters. The summed E-state index contributed by atoms with van der Waals surface area (Å²) in [6.45, 7) is 8.98. The third kappa shape index (κ3) is 2.97. The molecule has 1 aromatic rings. The maximum absolute atomic E-state index is 5.87. The van der Waals surface area contributed by atoms with Crippen LogP contribution in [0.2, 0.25) is 0 Å². The molecular weight excluding hydrogens is 244 g/mol. The lowest BCUT2D eigenvalue weighted by Crippen LogP contribution is -2.35. The standard InChI is InChI=1S/C15H23ClN2/c1-11(2)13-6-8-18(9-7-13)15-5-4-14(10-16)12(3)17-15/h4-5,11,13H,6-10H2,1-3H3. The molecule has 0 radical (unpaired) electrons. The Morgan fingerprint density at radius 1 is 1.33 bits per heavy atom. The lowest BCUT2D eigenvalue weighted by atomic mass is 9.87. The number of nitrogens with zero attached hydrogens (tertiary/aromatic N) is 2. The Morgan fingerprint density at radius 3 is 2.50 bits per heavy atom. The lowest BCUT2D eigenvalue weighted by molar-refractivity contribution is 0.310. The summed E-state index contributed by atoms with van der Waals surface area (Å²) in [5.74, 6) is 3.35. The molecular formula is C15H23ClN2. The Balaban J connectivity index is 2.03. The predicted octanol–water partition coefficient (Wildman–Crippen LogP) is 4.00. The fraction of sp³-hybridized carbons (Fsp3) is 0.667. The van der Waals surface area contributed by atoms with Gasteiger partial charge in [0.1, 0.15) is 5.82 Å². The zero-order valence-corrected chi connectivity index (χ0v) is 12.4. The van der Waals surface area contributed by atoms with Gasteiger partial charge in [-0.3, -0.25) is 0 Å². The summed E-state index contributed by atoms with van der Waals surface area (Å²) >= 11 is 5.87. The highest BCUT2D eigenvalue weighted by molar-refractivity contribution is 6.17. The Morgan fingerprint density at radius 2 is 2.00 bits per heavy atom. The molecule has 0 aromatic carbocycles. The minimum absolute atomic E-state index is 0.550. The number of anilines is 1. The van der Waals surface area contributed by atoms with Gasteiger partial charge in [-0.1, -0.05) is 19.9 Å². The SMILES string of the molecule is Cc1nc(N2CCC(C(C)C)CC2)ccc1CCl. The predicted molar refractivity (Wildman–Crippen MR) is 78.3 cm³/mol. The van der Waals surface area contributed by atoms with E-state index in [0.29, 0.717) is 5.88 Å². The van der Waals surface area contributed by atoms with Crippen LogP contribution in [0.15, 0.2) is 12.1 Å². The van der Waals surface area contributed by atoms with Gasteiger partial charge in [0.25, 0.3) is 0 Å². The summed E-state index contributed by atoms with van der Waals surface area (Å²) in [7, 11) is 0. The largest absolute Gasteiger partial charge is 0.357 e. The van der Waals surface area contributed by atoms with Crippen molar-refractivity contribution in [1.82, 2.24) is 4.98 Å². The number of halogens is 1. The molecule has 1 aromatic heterocycles. The van der Waals surface area contributed by atoms with Crippen molar-refractivity contribution in [3.05, 3.63) is 23.4 Å². The first-order chi connectivity index (χ1) is 8.61. The molecule has 2 nitrogen and oxygen atoms in total. The molecule has 0 amide bonds. The summed E-state index contributed by atoms with van der Waals surface area (Å²) in [6.07, 6.45) is 2.57. The first kappa shape index (κ1) is 13.7. The van der Waals surface area contributed by atoms with Crippen LogP contribution in [0.25, 0.3) is 0 Å². The van der Waals surface area contributed by atoms with E-state index in [0.717, 1.165) is 42.0 Å². The van der Waals surface area contributed by atoms with Crippen molar-refractivity contribution in [2.75, 3.05) is 18.0 Å². The van der Waals surface area contributed by atoms with Crippen molar-refractivity contribution < 1.29 is 0 Å². The van der Waals surface area contributed by atoms with Gasteiger partial charge >= 0.3 is 0 Å². The van der Waals surface area contributed by atoms with E-state index < -0.39 is 0 Å². The number of piperidine rings is 1. The molecule has 1 saturated heterocycles. The van der Waals surface area contributed by atoms with Crippen molar-refractivity contribution in [3.63, 3.8) is 0 Å². The summed E-state index contributed by atoms with van der Waals surface area (Å²) in [6, 6.07) is 4.22. The highest BCUT2D eigenvalue weighted by atomic mass is 35.5. The van der Waals surface area contributed by atoms with Crippen LogP contribution in [0.5, 0.6) is 0 Å². The van der Waals surface area contributed by atoms with Crippen LogP contribution in [0.3, 0.4) is 0 Å². The average Bonchev–Trinajstić information content (AvgIpc) is 2.38. The van der Waals surface area contributed by atoms with Crippen molar-refractivity contribution in [2.45, 2.75) is 39.5 Å². The molecule has 0 N–H and O–H groups in total. The van der Waals surface area contributed by atoms with Crippen LogP contribution >= 0.6 is 11.6 Å². The van der Waals surface area contributed by atoms with Crippen molar-refractivity contribution in [3.8, 4) is 0 Å². The van der Waals surface area contributed by atoms with Crippen LogP contribution in [-0.4, -0.2) is 18.1 Å². The van der Waals surface area contributed by atoms with E-state index in [1.807, 2.05) is 6.92 Å². The molecule has 0 atom stereocenters. The summed E-state index contributed by atoms with van der Waals surface area (Å²) in [5, 5.41) is 0. The van der Waals surface area contributed by atoms with Gasteiger partial charge < -0.3 is 4.90 Å². The molecule has 0 aliphatic carbocycles. The maximum atomic E-state index is 5.87. The summed E-state index contributed by atoms with van der Waals surface area (Å²) in [5.41, 5.74) is 2.20. The third-order valence-corrected chi connectivity index (χ3v) is 4.42. The average molecular weight is 267 g/mol. The number of hydrogen-bond donors (Lipinski definition) is 0. The van der Waals surface area contributed by atoms with E-state index in [9.17, 15) is 0 Å². The van der Waals surface area contributed by atoms with Gasteiger partial charge in [0.15, 0.2) is 0 Å². The van der Waals surface area contributed by atoms with E-state index in [1.54, 1.807) is 0 Å². The Kier molecular flexibility index (Phi) is 4.50. The second-order valence-electron chi connectivity index (χ2n) is 5.62. The first-order valence-electron chi connectivity index (χ1n) is 6.89. The van der Waals surface area contributed by atoms with Crippen LogP contribution in [0.1, 0.15) is 37.9 Å². The number of aryl methyl sites for hydroxylation is 1. The Hall–Kier alpha value is -0.760. The molecule has 0 bridgehead atoms. The zero-order chi connectivity index (χ0) is 13.1. The van der Waals surface area contributed by atoms with Crippen molar-refractivity contribution in [1.29, 1.82) is 0 Å². The van der Waals surface area contributed by atoms with E-state index in [4.69, 9.17) is 11.6 Å². The van der Waals surface area contributed by atoms with Crippen LogP contribution in [0.4, 0.5) is 5.82 Å². The first-order valence-corrected chi connectivity index (χ1v) is 7.42. The minimum Gasteiger partial charge on any atom is -0.357 e. The normalized spacial score (nSPS) is 17.5. The van der Waals surface area contributed by atoms with Gasteiger partial charge in [-0.2, -0.15) is 0 Å². The highest BCUT2D eigenvalue weighted by Gasteiger charge is 2.22. The molecule has 0 spiro atoms. The van der Waals surface area contributed by atoms with Gasteiger partial charge in [-0.05, 0) is 43.2 Å². The molecule has 1 aliphatic heterocycles. The summed E-state index contributed by atoms with van der Waals surface area (Å²) in [4.78, 5) is 7.09. The van der Waals surface area contributed by atoms with E-state index in [-0.39, 0.29) is 0 Å². The quantitative estimate of drug-likeness (QED) is 0.769. The second kappa shape index (κ2) is 5.92. The maximum Gasteiger partial charge on any atom is 0.128 e. The zero-order valence-electron chi connectivity index (χ0n) is 11.6. The van der Waals surface area contributed by atoms with Crippen LogP contribution < -0.4 is 4.90 Å². The fourth-order valence-corrected chi connectivity index (χ4v) is 2.97. The molecule has 2 heterocycles. The van der Waals surface area contributed by atoms with Gasteiger partial charge in [0, 0.05) is 24.7 Å². The topological polar surface area (TPSA) is 16.1 Å². The Labute approximate surface area is 115 Å². The number of alkyl halides is 1. The number of aromatic nitrogens is 1.